The fourth-order valence-corrected chi connectivity index (χ4v) is 3.10. The Hall–Kier alpha value is -2.41. The number of carbonyl (C=O) groups is 2. The number of hydrogen-bond acceptors (Lipinski definition) is 5. The predicted octanol–water partition coefficient (Wildman–Crippen LogP) is 3.26. The molecule has 0 aliphatic carbocycles. The van der Waals surface area contributed by atoms with E-state index in [1.807, 2.05) is 18.2 Å². The highest BCUT2D eigenvalue weighted by Gasteiger charge is 2.26. The van der Waals surface area contributed by atoms with Crippen LogP contribution in [0.5, 0.6) is 0 Å². The summed E-state index contributed by atoms with van der Waals surface area (Å²) in [6, 6.07) is 12.4. The van der Waals surface area contributed by atoms with Crippen LogP contribution in [0, 0.1) is 0 Å². The quantitative estimate of drug-likeness (QED) is 0.748. The molecule has 1 aliphatic heterocycles. The SMILES string of the molecule is COC(=O)CCNC1N=C(c2ccccc2Cl)c2cc(Cl)ccc2NC1=O. The summed E-state index contributed by atoms with van der Waals surface area (Å²) in [5.41, 5.74) is 2.47. The maximum atomic E-state index is 12.6. The highest BCUT2D eigenvalue weighted by Crippen LogP contribution is 2.29. The fourth-order valence-electron chi connectivity index (χ4n) is 2.70. The highest BCUT2D eigenvalue weighted by molar-refractivity contribution is 6.37. The lowest BCUT2D eigenvalue weighted by Gasteiger charge is -2.13. The average Bonchev–Trinajstić information content (AvgIpc) is 2.79. The minimum atomic E-state index is -0.896. The molecule has 2 N–H and O–H groups in total. The van der Waals surface area contributed by atoms with E-state index in [0.29, 0.717) is 32.6 Å². The molecular weight excluding hydrogens is 389 g/mol. The van der Waals surface area contributed by atoms with Crippen molar-refractivity contribution >= 4 is 46.5 Å². The average molecular weight is 406 g/mol. The third-order valence-corrected chi connectivity index (χ3v) is 4.59. The number of carbonyl (C=O) groups excluding carboxylic acids is 2. The van der Waals surface area contributed by atoms with Gasteiger partial charge in [0.2, 0.25) is 0 Å². The monoisotopic (exact) mass is 405 g/mol. The normalized spacial score (nSPS) is 16.0. The van der Waals surface area contributed by atoms with Crippen LogP contribution < -0.4 is 10.6 Å². The zero-order chi connectivity index (χ0) is 19.4. The van der Waals surface area contributed by atoms with Crippen molar-refractivity contribution in [3.8, 4) is 0 Å². The lowest BCUT2D eigenvalue weighted by molar-refractivity contribution is -0.140. The van der Waals surface area contributed by atoms with Crippen LogP contribution in [0.2, 0.25) is 10.0 Å². The van der Waals surface area contributed by atoms with Gasteiger partial charge in [-0.3, -0.25) is 19.9 Å². The molecule has 0 fully saturated rings. The molecule has 1 aliphatic rings. The summed E-state index contributed by atoms with van der Waals surface area (Å²) < 4.78 is 4.61. The molecule has 0 saturated heterocycles. The molecule has 1 amide bonds. The van der Waals surface area contributed by atoms with Gasteiger partial charge < -0.3 is 10.1 Å². The number of esters is 1. The van der Waals surface area contributed by atoms with Crippen molar-refractivity contribution in [1.82, 2.24) is 5.32 Å². The van der Waals surface area contributed by atoms with E-state index in [2.05, 4.69) is 20.4 Å². The van der Waals surface area contributed by atoms with Crippen LogP contribution in [-0.2, 0) is 14.3 Å². The number of nitrogens with zero attached hydrogens (tertiary/aromatic N) is 1. The summed E-state index contributed by atoms with van der Waals surface area (Å²) in [7, 11) is 1.31. The first-order valence-corrected chi connectivity index (χ1v) is 8.99. The molecule has 0 aromatic heterocycles. The first-order valence-electron chi connectivity index (χ1n) is 8.23. The van der Waals surface area contributed by atoms with E-state index in [-0.39, 0.29) is 24.8 Å². The van der Waals surface area contributed by atoms with Crippen molar-refractivity contribution in [2.24, 2.45) is 4.99 Å². The number of amides is 1. The third kappa shape index (κ3) is 4.47. The van der Waals surface area contributed by atoms with Crippen LogP contribution in [0.3, 0.4) is 0 Å². The first kappa shape index (κ1) is 19.4. The molecule has 140 valence electrons. The number of nitrogens with one attached hydrogen (secondary N) is 2. The second-order valence-electron chi connectivity index (χ2n) is 5.82. The zero-order valence-electron chi connectivity index (χ0n) is 14.5. The Bertz CT molecular complexity index is 915. The van der Waals surface area contributed by atoms with Gasteiger partial charge in [-0.25, -0.2) is 0 Å². The number of benzene rings is 2. The molecule has 27 heavy (non-hydrogen) atoms. The maximum absolute atomic E-state index is 12.6. The molecule has 3 rings (SSSR count). The third-order valence-electron chi connectivity index (χ3n) is 4.02. The van der Waals surface area contributed by atoms with Crippen LogP contribution in [0.1, 0.15) is 17.5 Å². The lowest BCUT2D eigenvalue weighted by atomic mass is 10.0. The molecule has 0 saturated carbocycles. The number of benzodiazepines with no additional fused rings is 1. The highest BCUT2D eigenvalue weighted by atomic mass is 35.5. The summed E-state index contributed by atoms with van der Waals surface area (Å²) >= 11 is 12.5. The number of methoxy groups -OCH3 is 1. The van der Waals surface area contributed by atoms with Gasteiger partial charge in [-0.1, -0.05) is 41.4 Å². The van der Waals surface area contributed by atoms with Crippen LogP contribution in [-0.4, -0.2) is 37.4 Å². The van der Waals surface area contributed by atoms with E-state index in [9.17, 15) is 9.59 Å². The van der Waals surface area contributed by atoms with Gasteiger partial charge in [0.05, 0.1) is 24.9 Å². The Morgan fingerprint density at radius 2 is 2.00 bits per heavy atom. The number of hydrogen-bond donors (Lipinski definition) is 2. The Kier molecular flexibility index (Phi) is 6.11. The molecule has 1 heterocycles. The molecular formula is C19H17Cl2N3O3. The van der Waals surface area contributed by atoms with E-state index in [1.165, 1.54) is 7.11 Å². The molecule has 0 spiro atoms. The van der Waals surface area contributed by atoms with Crippen molar-refractivity contribution < 1.29 is 14.3 Å². The van der Waals surface area contributed by atoms with Gasteiger partial charge in [0.1, 0.15) is 0 Å². The van der Waals surface area contributed by atoms with E-state index < -0.39 is 6.17 Å². The van der Waals surface area contributed by atoms with Gasteiger partial charge in [0, 0.05) is 27.7 Å². The van der Waals surface area contributed by atoms with Crippen molar-refractivity contribution in [1.29, 1.82) is 0 Å². The van der Waals surface area contributed by atoms with Gasteiger partial charge >= 0.3 is 5.97 Å². The Morgan fingerprint density at radius 3 is 2.74 bits per heavy atom. The summed E-state index contributed by atoms with van der Waals surface area (Å²) in [4.78, 5) is 28.5. The van der Waals surface area contributed by atoms with E-state index in [1.54, 1.807) is 24.3 Å². The summed E-state index contributed by atoms with van der Waals surface area (Å²) in [6.45, 7) is 0.237. The summed E-state index contributed by atoms with van der Waals surface area (Å²) in [6.07, 6.45) is -0.775. The second kappa shape index (κ2) is 8.52. The van der Waals surface area contributed by atoms with Crippen molar-refractivity contribution in [3.63, 3.8) is 0 Å². The minimum Gasteiger partial charge on any atom is -0.469 e. The zero-order valence-corrected chi connectivity index (χ0v) is 16.0. The van der Waals surface area contributed by atoms with Crippen molar-refractivity contribution in [3.05, 3.63) is 63.6 Å². The van der Waals surface area contributed by atoms with Crippen LogP contribution in [0.4, 0.5) is 5.69 Å². The number of aliphatic imine (C=N–C) groups is 1. The smallest absolute Gasteiger partial charge is 0.306 e. The van der Waals surface area contributed by atoms with Gasteiger partial charge in [-0.05, 0) is 24.3 Å². The minimum absolute atomic E-state index is 0.121. The topological polar surface area (TPSA) is 79.8 Å². The molecule has 0 radical (unpaired) electrons. The molecule has 8 heteroatoms. The van der Waals surface area contributed by atoms with Gasteiger partial charge in [0.15, 0.2) is 6.17 Å². The van der Waals surface area contributed by atoms with Gasteiger partial charge in [-0.2, -0.15) is 0 Å². The molecule has 6 nitrogen and oxygen atoms in total. The maximum Gasteiger partial charge on any atom is 0.306 e. The lowest BCUT2D eigenvalue weighted by Crippen LogP contribution is -2.39. The van der Waals surface area contributed by atoms with E-state index in [0.717, 1.165) is 0 Å². The van der Waals surface area contributed by atoms with Crippen molar-refractivity contribution in [2.75, 3.05) is 19.0 Å². The number of rotatable bonds is 5. The van der Waals surface area contributed by atoms with Crippen LogP contribution in [0.15, 0.2) is 47.5 Å². The molecule has 1 atom stereocenters. The number of anilines is 1. The number of fused-ring (bicyclic) bond motifs is 1. The number of halogens is 2. The first-order chi connectivity index (χ1) is 13.0. The Balaban J connectivity index is 2.02. The molecule has 2 aromatic carbocycles. The standard InChI is InChI=1S/C19H17Cl2N3O3/c1-27-16(25)8-9-22-18-19(26)23-15-7-6-11(20)10-13(15)17(24-18)12-4-2-3-5-14(12)21/h2-7,10,18,22H,8-9H2,1H3,(H,23,26). The second-order valence-corrected chi connectivity index (χ2v) is 6.66. The van der Waals surface area contributed by atoms with Gasteiger partial charge in [0.25, 0.3) is 5.91 Å². The van der Waals surface area contributed by atoms with E-state index >= 15 is 0 Å². The predicted molar refractivity (Wildman–Crippen MR) is 106 cm³/mol. The van der Waals surface area contributed by atoms with E-state index in [4.69, 9.17) is 23.2 Å². The largest absolute Gasteiger partial charge is 0.469 e. The number of ether oxygens (including phenoxy) is 1. The fraction of sp³-hybridized carbons (Fsp3) is 0.211. The van der Waals surface area contributed by atoms with Crippen molar-refractivity contribution in [2.45, 2.75) is 12.6 Å². The summed E-state index contributed by atoms with van der Waals surface area (Å²) in [5, 5.41) is 6.82. The van der Waals surface area contributed by atoms with Gasteiger partial charge in [-0.15, -0.1) is 0 Å². The van der Waals surface area contributed by atoms with Crippen LogP contribution in [0.25, 0.3) is 0 Å². The molecule has 2 aromatic rings. The summed E-state index contributed by atoms with van der Waals surface area (Å²) in [5.74, 6) is -0.715. The molecule has 1 unspecified atom stereocenters. The molecule has 0 bridgehead atoms. The Labute approximate surface area is 166 Å². The van der Waals surface area contributed by atoms with Crippen LogP contribution >= 0.6 is 23.2 Å². The Morgan fingerprint density at radius 1 is 1.22 bits per heavy atom.